The Morgan fingerprint density at radius 3 is 2.29 bits per heavy atom. The molecule has 0 atom stereocenters. The fraction of sp³-hybridized carbons (Fsp3) is 0.111. The maximum atomic E-state index is 12.5. The molecule has 0 unspecified atom stereocenters. The first-order valence-electron chi connectivity index (χ1n) is 6.87. The smallest absolute Gasteiger partial charge is 0.213 e. The molecule has 1 heterocycles. The zero-order valence-corrected chi connectivity index (χ0v) is 12.1. The van der Waals surface area contributed by atoms with Crippen LogP contribution in [0.2, 0.25) is 0 Å². The fourth-order valence-corrected chi connectivity index (χ4v) is 2.42. The number of hydrogen-bond donors (Lipinski definition) is 0. The monoisotopic (exact) mass is 276 g/mol. The summed E-state index contributed by atoms with van der Waals surface area (Å²) in [5, 5.41) is 4.38. The first-order valence-corrected chi connectivity index (χ1v) is 6.87. The van der Waals surface area contributed by atoms with Crippen LogP contribution < -0.4 is 0 Å². The van der Waals surface area contributed by atoms with Gasteiger partial charge in [0.1, 0.15) is 5.69 Å². The number of nitrogens with zero attached hydrogens (tertiary/aromatic N) is 2. The number of hydrogen-bond acceptors (Lipinski definition) is 2. The van der Waals surface area contributed by atoms with Gasteiger partial charge in [0.05, 0.1) is 5.69 Å². The van der Waals surface area contributed by atoms with Gasteiger partial charge in [0, 0.05) is 11.8 Å². The summed E-state index contributed by atoms with van der Waals surface area (Å²) in [6, 6.07) is 17.4. The van der Waals surface area contributed by atoms with Crippen LogP contribution >= 0.6 is 0 Å². The molecule has 1 aromatic heterocycles. The zero-order chi connectivity index (χ0) is 14.8. The molecule has 3 aromatic rings. The van der Waals surface area contributed by atoms with E-state index in [9.17, 15) is 4.79 Å². The second-order valence-electron chi connectivity index (χ2n) is 5.19. The lowest BCUT2D eigenvalue weighted by molar-refractivity contribution is 0.103. The van der Waals surface area contributed by atoms with Crippen LogP contribution in [-0.4, -0.2) is 15.6 Å². The molecule has 21 heavy (non-hydrogen) atoms. The van der Waals surface area contributed by atoms with E-state index in [2.05, 4.69) is 11.2 Å². The largest absolute Gasteiger partial charge is 0.287 e. The lowest BCUT2D eigenvalue weighted by Gasteiger charge is -2.03. The van der Waals surface area contributed by atoms with Gasteiger partial charge in [-0.05, 0) is 44.2 Å². The summed E-state index contributed by atoms with van der Waals surface area (Å²) in [6.07, 6.45) is 1.81. The van der Waals surface area contributed by atoms with Gasteiger partial charge < -0.3 is 0 Å². The van der Waals surface area contributed by atoms with E-state index in [1.54, 1.807) is 10.7 Å². The zero-order valence-electron chi connectivity index (χ0n) is 12.1. The number of aromatic nitrogens is 2. The maximum Gasteiger partial charge on any atom is 0.213 e. The Labute approximate surface area is 123 Å². The molecule has 0 aliphatic heterocycles. The lowest BCUT2D eigenvalue weighted by atomic mass is 10.0. The predicted molar refractivity (Wildman–Crippen MR) is 82.9 cm³/mol. The topological polar surface area (TPSA) is 34.9 Å². The molecule has 104 valence electrons. The standard InChI is InChI=1S/C18H16N2O/c1-13-10-14(2)12-15(11-13)18(21)17-8-9-20(19-17)16-6-4-3-5-7-16/h3-12H,1-2H3. The quantitative estimate of drug-likeness (QED) is 0.683. The Bertz CT molecular complexity index is 768. The Hall–Kier alpha value is -2.68. The predicted octanol–water partition coefficient (Wildman–Crippen LogP) is 3.72. The molecule has 0 spiro atoms. The van der Waals surface area contributed by atoms with Crippen LogP contribution in [0.3, 0.4) is 0 Å². The van der Waals surface area contributed by atoms with Gasteiger partial charge in [-0.3, -0.25) is 4.79 Å². The summed E-state index contributed by atoms with van der Waals surface area (Å²) in [5.74, 6) is -0.0449. The molecule has 0 amide bonds. The molecule has 3 heteroatoms. The van der Waals surface area contributed by atoms with Crippen molar-refractivity contribution >= 4 is 5.78 Å². The molecule has 3 rings (SSSR count). The number of ketones is 1. The Morgan fingerprint density at radius 2 is 1.62 bits per heavy atom. The minimum absolute atomic E-state index is 0.0449. The second-order valence-corrected chi connectivity index (χ2v) is 5.19. The van der Waals surface area contributed by atoms with Crippen molar-refractivity contribution in [2.75, 3.05) is 0 Å². The van der Waals surface area contributed by atoms with E-state index in [1.807, 2.05) is 62.5 Å². The molecule has 2 aromatic carbocycles. The van der Waals surface area contributed by atoms with Gasteiger partial charge in [0.25, 0.3) is 0 Å². The highest BCUT2D eigenvalue weighted by atomic mass is 16.1. The van der Waals surface area contributed by atoms with Crippen LogP contribution in [0.1, 0.15) is 27.2 Å². The van der Waals surface area contributed by atoms with Crippen molar-refractivity contribution in [3.63, 3.8) is 0 Å². The van der Waals surface area contributed by atoms with Gasteiger partial charge >= 0.3 is 0 Å². The number of rotatable bonds is 3. The summed E-state index contributed by atoms with van der Waals surface area (Å²) in [7, 11) is 0. The first-order chi connectivity index (χ1) is 10.1. The normalized spacial score (nSPS) is 10.6. The summed E-state index contributed by atoms with van der Waals surface area (Å²) >= 11 is 0. The van der Waals surface area contributed by atoms with Crippen LogP contribution in [0.25, 0.3) is 5.69 Å². The van der Waals surface area contributed by atoms with Crippen molar-refractivity contribution in [3.8, 4) is 5.69 Å². The molecule has 0 fully saturated rings. The minimum Gasteiger partial charge on any atom is -0.287 e. The van der Waals surface area contributed by atoms with Gasteiger partial charge in [0.2, 0.25) is 5.78 Å². The van der Waals surface area contributed by atoms with Crippen molar-refractivity contribution in [2.24, 2.45) is 0 Å². The van der Waals surface area contributed by atoms with Crippen molar-refractivity contribution in [1.29, 1.82) is 0 Å². The Morgan fingerprint density at radius 1 is 0.952 bits per heavy atom. The van der Waals surface area contributed by atoms with Crippen LogP contribution in [0, 0.1) is 13.8 Å². The van der Waals surface area contributed by atoms with Crippen LogP contribution in [0.4, 0.5) is 0 Å². The number of aryl methyl sites for hydroxylation is 2. The molecular weight excluding hydrogens is 260 g/mol. The van der Waals surface area contributed by atoms with Gasteiger partial charge in [-0.1, -0.05) is 35.4 Å². The summed E-state index contributed by atoms with van der Waals surface area (Å²) in [5.41, 5.74) is 4.26. The van der Waals surface area contributed by atoms with Crippen LogP contribution in [-0.2, 0) is 0 Å². The molecule has 0 saturated heterocycles. The summed E-state index contributed by atoms with van der Waals surface area (Å²) in [4.78, 5) is 12.5. The summed E-state index contributed by atoms with van der Waals surface area (Å²) < 4.78 is 1.72. The molecule has 0 saturated carbocycles. The molecule has 3 nitrogen and oxygen atoms in total. The third kappa shape index (κ3) is 2.77. The molecule has 0 N–H and O–H groups in total. The number of para-hydroxylation sites is 1. The highest BCUT2D eigenvalue weighted by Gasteiger charge is 2.13. The SMILES string of the molecule is Cc1cc(C)cc(C(=O)c2ccn(-c3ccccc3)n2)c1. The van der Waals surface area contributed by atoms with Crippen molar-refractivity contribution in [1.82, 2.24) is 9.78 Å². The van der Waals surface area contributed by atoms with Gasteiger partial charge in [0.15, 0.2) is 0 Å². The van der Waals surface area contributed by atoms with Crippen molar-refractivity contribution < 1.29 is 4.79 Å². The Kier molecular flexibility index (Phi) is 3.40. The molecular formula is C18H16N2O. The third-order valence-corrected chi connectivity index (χ3v) is 3.33. The van der Waals surface area contributed by atoms with E-state index in [0.717, 1.165) is 16.8 Å². The van der Waals surface area contributed by atoms with E-state index < -0.39 is 0 Å². The van der Waals surface area contributed by atoms with E-state index in [-0.39, 0.29) is 5.78 Å². The number of carbonyl (C=O) groups excluding carboxylic acids is 1. The summed E-state index contributed by atoms with van der Waals surface area (Å²) in [6.45, 7) is 3.98. The molecule has 0 aliphatic carbocycles. The van der Waals surface area contributed by atoms with E-state index in [0.29, 0.717) is 11.3 Å². The third-order valence-electron chi connectivity index (χ3n) is 3.33. The highest BCUT2D eigenvalue weighted by Crippen LogP contribution is 2.14. The fourth-order valence-electron chi connectivity index (χ4n) is 2.42. The average Bonchev–Trinajstić information content (AvgIpc) is 2.96. The number of benzene rings is 2. The van der Waals surface area contributed by atoms with Gasteiger partial charge in [-0.2, -0.15) is 5.10 Å². The van der Waals surface area contributed by atoms with E-state index in [4.69, 9.17) is 0 Å². The van der Waals surface area contributed by atoms with E-state index in [1.165, 1.54) is 0 Å². The molecule has 0 aliphatic rings. The van der Waals surface area contributed by atoms with Crippen LogP contribution in [0.15, 0.2) is 60.8 Å². The van der Waals surface area contributed by atoms with Gasteiger partial charge in [-0.25, -0.2) is 4.68 Å². The van der Waals surface area contributed by atoms with Crippen molar-refractivity contribution in [2.45, 2.75) is 13.8 Å². The lowest BCUT2D eigenvalue weighted by Crippen LogP contribution is -2.05. The van der Waals surface area contributed by atoms with Gasteiger partial charge in [-0.15, -0.1) is 0 Å². The maximum absolute atomic E-state index is 12.5. The van der Waals surface area contributed by atoms with E-state index >= 15 is 0 Å². The first kappa shape index (κ1) is 13.3. The average molecular weight is 276 g/mol. The van der Waals surface area contributed by atoms with Crippen LogP contribution in [0.5, 0.6) is 0 Å². The Balaban J connectivity index is 1.94. The molecule has 0 bridgehead atoms. The minimum atomic E-state index is -0.0449. The second kappa shape index (κ2) is 5.37. The van der Waals surface area contributed by atoms with Crippen molar-refractivity contribution in [3.05, 3.63) is 83.2 Å². The molecule has 0 radical (unpaired) electrons. The number of carbonyl (C=O) groups is 1. The highest BCUT2D eigenvalue weighted by molar-refractivity contribution is 6.07.